The lowest BCUT2D eigenvalue weighted by Crippen LogP contribution is -2.30. The summed E-state index contributed by atoms with van der Waals surface area (Å²) in [6, 6.07) is 3.21. The fourth-order valence-corrected chi connectivity index (χ4v) is 1.37. The van der Waals surface area contributed by atoms with Crippen LogP contribution in [-0.4, -0.2) is 16.7 Å². The third kappa shape index (κ3) is 1.85. The predicted octanol–water partition coefficient (Wildman–Crippen LogP) is 0.472. The zero-order valence-electron chi connectivity index (χ0n) is 8.90. The maximum atomic E-state index is 11.6. The molecule has 0 fully saturated rings. The number of aryl methyl sites for hydroxylation is 1. The number of nitrogens with zero attached hydrogens (tertiary/aromatic N) is 2. The van der Waals surface area contributed by atoms with Gasteiger partial charge in [0.2, 0.25) is 5.88 Å². The van der Waals surface area contributed by atoms with Gasteiger partial charge in [0.15, 0.2) is 0 Å². The molecule has 0 saturated carbocycles. The predicted molar refractivity (Wildman–Crippen MR) is 55.6 cm³/mol. The smallest absolute Gasteiger partial charge is 0.254 e. The van der Waals surface area contributed by atoms with Crippen molar-refractivity contribution in [3.05, 3.63) is 27.5 Å². The highest BCUT2D eigenvalue weighted by Gasteiger charge is 2.15. The summed E-state index contributed by atoms with van der Waals surface area (Å²) in [6.45, 7) is 3.34. The molecular formula is C10H13N3O2. The van der Waals surface area contributed by atoms with Crippen LogP contribution < -0.4 is 10.9 Å². The Morgan fingerprint density at radius 2 is 2.27 bits per heavy atom. The first-order valence-electron chi connectivity index (χ1n) is 4.55. The number of rotatable bonds is 2. The van der Waals surface area contributed by atoms with Crippen LogP contribution in [0.5, 0.6) is 5.88 Å². The molecule has 0 spiro atoms. The second-order valence-electron chi connectivity index (χ2n) is 3.31. The van der Waals surface area contributed by atoms with Crippen LogP contribution in [0.2, 0.25) is 0 Å². The number of hydrogen-bond donors (Lipinski definition) is 2. The highest BCUT2D eigenvalue weighted by molar-refractivity contribution is 5.43. The Bertz CT molecular complexity index is 471. The molecule has 1 aromatic rings. The molecule has 0 amide bonds. The fourth-order valence-electron chi connectivity index (χ4n) is 1.37. The standard InChI is InChI=1S/C10H13N3O2/c1-6-4-9(14)13(7(2)12-3)10(15)8(6)5-11/h4,7,12,15H,1-3H3. The molecule has 0 aliphatic heterocycles. The van der Waals surface area contributed by atoms with Crippen molar-refractivity contribution < 1.29 is 5.11 Å². The van der Waals surface area contributed by atoms with Crippen LogP contribution in [-0.2, 0) is 0 Å². The number of hydrogen-bond acceptors (Lipinski definition) is 4. The minimum absolute atomic E-state index is 0.136. The summed E-state index contributed by atoms with van der Waals surface area (Å²) in [5.41, 5.74) is 0.294. The van der Waals surface area contributed by atoms with Gasteiger partial charge in [0.1, 0.15) is 11.6 Å². The van der Waals surface area contributed by atoms with Crippen molar-refractivity contribution >= 4 is 0 Å². The summed E-state index contributed by atoms with van der Waals surface area (Å²) in [4.78, 5) is 11.6. The molecule has 1 heterocycles. The second-order valence-corrected chi connectivity index (χ2v) is 3.31. The topological polar surface area (TPSA) is 78.0 Å². The van der Waals surface area contributed by atoms with E-state index in [9.17, 15) is 9.90 Å². The van der Waals surface area contributed by atoms with Crippen molar-refractivity contribution in [2.24, 2.45) is 0 Å². The van der Waals surface area contributed by atoms with Crippen molar-refractivity contribution in [3.63, 3.8) is 0 Å². The molecule has 0 aromatic carbocycles. The Balaban J connectivity index is 3.55. The zero-order chi connectivity index (χ0) is 11.6. The molecule has 0 radical (unpaired) electrons. The quantitative estimate of drug-likeness (QED) is 0.739. The van der Waals surface area contributed by atoms with Crippen molar-refractivity contribution in [2.45, 2.75) is 20.0 Å². The molecule has 5 heteroatoms. The van der Waals surface area contributed by atoms with Gasteiger partial charge in [-0.3, -0.25) is 9.36 Å². The van der Waals surface area contributed by atoms with Crippen LogP contribution in [0, 0.1) is 18.3 Å². The number of aromatic hydroxyl groups is 1. The van der Waals surface area contributed by atoms with E-state index in [1.54, 1.807) is 20.9 Å². The monoisotopic (exact) mass is 207 g/mol. The zero-order valence-corrected chi connectivity index (χ0v) is 8.90. The molecule has 0 saturated heterocycles. The molecule has 15 heavy (non-hydrogen) atoms. The summed E-state index contributed by atoms with van der Waals surface area (Å²) >= 11 is 0. The molecule has 1 unspecified atom stereocenters. The van der Waals surface area contributed by atoms with E-state index in [-0.39, 0.29) is 23.2 Å². The molecule has 80 valence electrons. The Hall–Kier alpha value is -1.80. The molecule has 1 atom stereocenters. The van der Waals surface area contributed by atoms with E-state index >= 15 is 0 Å². The van der Waals surface area contributed by atoms with Gasteiger partial charge in [-0.1, -0.05) is 0 Å². The van der Waals surface area contributed by atoms with Gasteiger partial charge < -0.3 is 10.4 Å². The van der Waals surface area contributed by atoms with E-state index in [1.165, 1.54) is 6.07 Å². The van der Waals surface area contributed by atoms with Crippen molar-refractivity contribution in [3.8, 4) is 11.9 Å². The van der Waals surface area contributed by atoms with Gasteiger partial charge in [-0.05, 0) is 26.5 Å². The van der Waals surface area contributed by atoms with Gasteiger partial charge in [-0.25, -0.2) is 0 Å². The lowest BCUT2D eigenvalue weighted by Gasteiger charge is -2.17. The summed E-state index contributed by atoms with van der Waals surface area (Å²) in [5.74, 6) is -0.288. The van der Waals surface area contributed by atoms with E-state index in [0.717, 1.165) is 4.57 Å². The van der Waals surface area contributed by atoms with Crippen LogP contribution in [0.15, 0.2) is 10.9 Å². The summed E-state index contributed by atoms with van der Waals surface area (Å²) in [6.07, 6.45) is -0.356. The van der Waals surface area contributed by atoms with Crippen LogP contribution in [0.4, 0.5) is 0 Å². The van der Waals surface area contributed by atoms with Gasteiger partial charge in [0.25, 0.3) is 5.56 Å². The lowest BCUT2D eigenvalue weighted by atomic mass is 10.1. The average molecular weight is 207 g/mol. The van der Waals surface area contributed by atoms with Crippen molar-refractivity contribution in [1.82, 2.24) is 9.88 Å². The third-order valence-electron chi connectivity index (χ3n) is 2.34. The molecule has 0 aliphatic carbocycles. The van der Waals surface area contributed by atoms with Crippen LogP contribution in [0.1, 0.15) is 24.2 Å². The number of nitriles is 1. The SMILES string of the molecule is CNC(C)n1c(O)c(C#N)c(C)cc1=O. The first-order chi connectivity index (χ1) is 7.02. The Kier molecular flexibility index (Phi) is 3.12. The highest BCUT2D eigenvalue weighted by Crippen LogP contribution is 2.19. The van der Waals surface area contributed by atoms with E-state index in [1.807, 2.05) is 6.07 Å². The number of nitrogens with one attached hydrogen (secondary N) is 1. The minimum Gasteiger partial charge on any atom is -0.493 e. The maximum Gasteiger partial charge on any atom is 0.254 e. The highest BCUT2D eigenvalue weighted by atomic mass is 16.3. The van der Waals surface area contributed by atoms with Gasteiger partial charge in [0, 0.05) is 6.07 Å². The number of pyridine rings is 1. The van der Waals surface area contributed by atoms with Crippen molar-refractivity contribution in [1.29, 1.82) is 5.26 Å². The molecule has 1 rings (SSSR count). The van der Waals surface area contributed by atoms with Gasteiger partial charge in [-0.2, -0.15) is 5.26 Å². The van der Waals surface area contributed by atoms with Gasteiger partial charge in [-0.15, -0.1) is 0 Å². The van der Waals surface area contributed by atoms with E-state index in [0.29, 0.717) is 5.56 Å². The molecule has 0 aliphatic rings. The molecular weight excluding hydrogens is 194 g/mol. The van der Waals surface area contributed by atoms with Crippen molar-refractivity contribution in [2.75, 3.05) is 7.05 Å². The molecule has 1 aromatic heterocycles. The van der Waals surface area contributed by atoms with E-state index in [2.05, 4.69) is 5.32 Å². The largest absolute Gasteiger partial charge is 0.493 e. The van der Waals surface area contributed by atoms with E-state index in [4.69, 9.17) is 5.26 Å². The Morgan fingerprint density at radius 1 is 1.67 bits per heavy atom. The van der Waals surface area contributed by atoms with E-state index < -0.39 is 0 Å². The third-order valence-corrected chi connectivity index (χ3v) is 2.34. The summed E-state index contributed by atoms with van der Waals surface area (Å²) in [5, 5.41) is 21.4. The second kappa shape index (κ2) is 4.15. The molecule has 0 bridgehead atoms. The molecule has 2 N–H and O–H groups in total. The first-order valence-corrected chi connectivity index (χ1v) is 4.55. The Morgan fingerprint density at radius 3 is 2.73 bits per heavy atom. The normalized spacial score (nSPS) is 12.1. The lowest BCUT2D eigenvalue weighted by molar-refractivity contribution is 0.355. The maximum absolute atomic E-state index is 11.6. The first kappa shape index (κ1) is 11.3. The average Bonchev–Trinajstić information content (AvgIpc) is 2.17. The molecule has 5 nitrogen and oxygen atoms in total. The minimum atomic E-state index is -0.356. The summed E-state index contributed by atoms with van der Waals surface area (Å²) in [7, 11) is 1.67. The van der Waals surface area contributed by atoms with Crippen LogP contribution in [0.3, 0.4) is 0 Å². The Labute approximate surface area is 87.6 Å². The van der Waals surface area contributed by atoms with Gasteiger partial charge in [0.05, 0.1) is 6.17 Å². The van der Waals surface area contributed by atoms with Gasteiger partial charge >= 0.3 is 0 Å². The van der Waals surface area contributed by atoms with Crippen LogP contribution in [0.25, 0.3) is 0 Å². The fraction of sp³-hybridized carbons (Fsp3) is 0.400. The van der Waals surface area contributed by atoms with Crippen LogP contribution >= 0.6 is 0 Å². The number of aromatic nitrogens is 1. The summed E-state index contributed by atoms with van der Waals surface area (Å²) < 4.78 is 1.14.